The number of aromatic nitrogens is 5. The Hall–Kier alpha value is -9.00. The molecule has 0 amide bonds. The van der Waals surface area contributed by atoms with Crippen molar-refractivity contribution < 1.29 is 18.9 Å². The van der Waals surface area contributed by atoms with Crippen molar-refractivity contribution in [2.45, 2.75) is 79.5 Å². The van der Waals surface area contributed by atoms with E-state index >= 15 is 0 Å². The third-order valence-electron chi connectivity index (χ3n) is 14.9. The number of imidazole rings is 1. The van der Waals surface area contributed by atoms with Crippen molar-refractivity contribution in [3.05, 3.63) is 241 Å². The Morgan fingerprint density at radius 2 is 1.13 bits per heavy atom. The van der Waals surface area contributed by atoms with Crippen LogP contribution < -0.4 is 9.30 Å². The first kappa shape index (κ1) is 42.1. The topological polar surface area (TPSA) is 40.8 Å². The smallest absolute Gasteiger partial charge is 0.269 e. The molecule has 0 radical (unpaired) electrons. The number of fused-ring (bicyclic) bond motifs is 7. The van der Waals surface area contributed by atoms with Crippen molar-refractivity contribution in [3.8, 4) is 56.6 Å². The molecule has 6 nitrogen and oxygen atoms in total. The maximum Gasteiger partial charge on any atom is 0.269 e. The molecule has 0 bridgehead atoms. The van der Waals surface area contributed by atoms with Gasteiger partial charge in [-0.05, 0) is 110 Å². The molecule has 0 spiro atoms. The summed E-state index contributed by atoms with van der Waals surface area (Å²) in [4.78, 5) is 4.97. The van der Waals surface area contributed by atoms with E-state index in [2.05, 4.69) is 148 Å². The van der Waals surface area contributed by atoms with Gasteiger partial charge >= 0.3 is 0 Å². The number of rotatable bonds is 9. The van der Waals surface area contributed by atoms with Gasteiger partial charge in [0.25, 0.3) is 6.33 Å². The first-order valence-electron chi connectivity index (χ1n) is 30.5. The van der Waals surface area contributed by atoms with Crippen LogP contribution in [0.1, 0.15) is 88.6 Å². The maximum atomic E-state index is 9.33. The third kappa shape index (κ3) is 8.95. The predicted octanol–water partition coefficient (Wildman–Crippen LogP) is 18.6. The Morgan fingerprint density at radius 3 is 1.78 bits per heavy atom. The Bertz CT molecular complexity index is 4800. The number of para-hydroxylation sites is 6. The highest BCUT2D eigenvalue weighted by Gasteiger charge is 2.26. The molecule has 13 rings (SSSR count). The van der Waals surface area contributed by atoms with Crippen molar-refractivity contribution in [1.82, 2.24) is 18.7 Å². The minimum atomic E-state index is -1.68. The van der Waals surface area contributed by atoms with E-state index in [0.717, 1.165) is 88.3 Å². The van der Waals surface area contributed by atoms with Crippen molar-refractivity contribution >= 4 is 54.6 Å². The summed E-state index contributed by atoms with van der Waals surface area (Å²) in [6.45, 7) is 19.0. The number of pyridine rings is 1. The zero-order valence-electron chi connectivity index (χ0n) is 53.0. The summed E-state index contributed by atoms with van der Waals surface area (Å²) in [5.41, 5.74) is 11.5. The van der Waals surface area contributed by atoms with E-state index in [1.54, 1.807) is 12.3 Å². The Labute approximate surface area is 473 Å². The van der Waals surface area contributed by atoms with Crippen LogP contribution in [0.3, 0.4) is 0 Å². The zero-order chi connectivity index (χ0) is 60.5. The maximum absolute atomic E-state index is 9.33. The van der Waals surface area contributed by atoms with Gasteiger partial charge in [0.05, 0.1) is 57.0 Å². The van der Waals surface area contributed by atoms with Crippen molar-refractivity contribution in [2.75, 3.05) is 0 Å². The quantitative estimate of drug-likeness (QED) is 0.107. The lowest BCUT2D eigenvalue weighted by molar-refractivity contribution is -0.571. The molecule has 0 N–H and O–H groups in total. The van der Waals surface area contributed by atoms with Crippen LogP contribution in [0.4, 0.5) is 0 Å². The number of hydrogen-bond donors (Lipinski definition) is 0. The fourth-order valence-electron chi connectivity index (χ4n) is 11.3. The van der Waals surface area contributed by atoms with E-state index in [9.17, 15) is 5.48 Å². The third-order valence-corrected chi connectivity index (χ3v) is 14.9. The highest BCUT2D eigenvalue weighted by molar-refractivity contribution is 6.16. The Kier molecular flexibility index (Phi) is 10.1. The van der Waals surface area contributed by atoms with Gasteiger partial charge in [-0.2, -0.15) is 0 Å². The molecule has 388 valence electrons. The van der Waals surface area contributed by atoms with E-state index in [0.29, 0.717) is 34.1 Å². The lowest BCUT2D eigenvalue weighted by atomic mass is 9.78. The van der Waals surface area contributed by atoms with Gasteiger partial charge in [-0.3, -0.25) is 13.7 Å². The highest BCUT2D eigenvalue weighted by Crippen LogP contribution is 2.44. The predicted molar refractivity (Wildman–Crippen MR) is 328 cm³/mol. The van der Waals surface area contributed by atoms with Gasteiger partial charge in [0.15, 0.2) is 0 Å². The fraction of sp³-hybridized carbons (Fsp3) is 0.178. The Balaban J connectivity index is 1.03. The van der Waals surface area contributed by atoms with E-state index in [4.69, 9.17) is 13.8 Å². The number of ether oxygens (including phenoxy) is 1. The average molecular weight is 1040 g/mol. The molecule has 4 heterocycles. The van der Waals surface area contributed by atoms with Crippen LogP contribution in [0.5, 0.6) is 11.5 Å². The minimum Gasteiger partial charge on any atom is -0.458 e. The van der Waals surface area contributed by atoms with E-state index in [1.165, 1.54) is 0 Å². The Morgan fingerprint density at radius 1 is 0.532 bits per heavy atom. The summed E-state index contributed by atoms with van der Waals surface area (Å²) < 4.78 is 79.1. The van der Waals surface area contributed by atoms with E-state index in [-0.39, 0.29) is 28.5 Å². The number of nitrogens with zero attached hydrogens (tertiary/aromatic N) is 5. The summed E-state index contributed by atoms with van der Waals surface area (Å²) in [7, 11) is 0. The van der Waals surface area contributed by atoms with Crippen LogP contribution in [-0.2, 0) is 17.2 Å². The summed E-state index contributed by atoms with van der Waals surface area (Å²) in [6.07, 6.45) is 3.76. The number of benzene rings is 9. The molecule has 9 aromatic carbocycles. The van der Waals surface area contributed by atoms with E-state index < -0.39 is 29.9 Å². The molecular weight excluding hydrogens is 963 g/mol. The van der Waals surface area contributed by atoms with Gasteiger partial charge < -0.3 is 9.30 Å². The summed E-state index contributed by atoms with van der Waals surface area (Å²) in [5, 5.41) is 4.19. The molecule has 0 unspecified atom stereocenters. The average Bonchev–Trinajstić information content (AvgIpc) is 1.63. The summed E-state index contributed by atoms with van der Waals surface area (Å²) >= 11 is 0. The van der Waals surface area contributed by atoms with E-state index in [1.807, 2.05) is 115 Å². The van der Waals surface area contributed by atoms with Crippen molar-refractivity contribution in [3.63, 3.8) is 0 Å². The molecule has 0 aliphatic carbocycles. The van der Waals surface area contributed by atoms with Gasteiger partial charge in [0.2, 0.25) is 0 Å². The molecule has 13 aromatic rings. The van der Waals surface area contributed by atoms with Crippen molar-refractivity contribution in [2.24, 2.45) is 5.41 Å². The molecule has 0 atom stereocenters. The molecule has 4 aromatic heterocycles. The van der Waals surface area contributed by atoms with Gasteiger partial charge in [0.1, 0.15) is 17.3 Å². The van der Waals surface area contributed by atoms with Gasteiger partial charge in [-0.1, -0.05) is 214 Å². The highest BCUT2D eigenvalue weighted by atomic mass is 16.5. The second-order valence-corrected chi connectivity index (χ2v) is 23.7. The summed E-state index contributed by atoms with van der Waals surface area (Å²) in [6, 6.07) is 59.5. The van der Waals surface area contributed by atoms with Crippen LogP contribution in [0.2, 0.25) is 0 Å². The molecular formula is C73H65N5O. The molecule has 79 heavy (non-hydrogen) atoms. The monoisotopic (exact) mass is 1030 g/mol. The first-order valence-corrected chi connectivity index (χ1v) is 27.0. The second-order valence-electron chi connectivity index (χ2n) is 23.7. The molecule has 6 heteroatoms. The van der Waals surface area contributed by atoms with Gasteiger partial charge in [0, 0.05) is 42.6 Å². The van der Waals surface area contributed by atoms with Crippen LogP contribution in [0.15, 0.2) is 218 Å². The SMILES string of the molecule is [2H]c1c([2H])c([2H])c(-c2cccc(-c3cc(C(C)(C)C)cc(C(C)(C)C)c3)c2-[n+]2[c-]n(-c3cccc(Oc4cc(-n5c6ccccc6c6ccccc65)c5c6ccccc6n(-c6cc(C([2H])([2H])C(C)(C)C)ccn6)c5c4)c3)c3ccccc32)c([2H])c1[2H]. The normalized spacial score (nSPS) is 13.9. The largest absolute Gasteiger partial charge is 0.458 e. The molecule has 0 aliphatic heterocycles. The first-order chi connectivity index (χ1) is 40.9. The van der Waals surface area contributed by atoms with Gasteiger partial charge in [-0.25, -0.2) is 4.98 Å². The van der Waals surface area contributed by atoms with Crippen molar-refractivity contribution in [1.29, 1.82) is 0 Å². The van der Waals surface area contributed by atoms with Gasteiger partial charge in [-0.15, -0.1) is 0 Å². The second kappa shape index (κ2) is 18.9. The van der Waals surface area contributed by atoms with Crippen LogP contribution in [0, 0.1) is 11.7 Å². The molecule has 0 saturated heterocycles. The molecule has 0 fully saturated rings. The van der Waals surface area contributed by atoms with Crippen LogP contribution in [0.25, 0.3) is 99.8 Å². The lowest BCUT2D eigenvalue weighted by Crippen LogP contribution is -2.31. The standard InChI is InChI=1S/C73H65N5O/c1-71(2,3)46-48-37-38-74-68(39-48)78-63-34-18-15-29-60(63)69-66(77-61-32-16-13-27-58(61)59-28-14-17-33-62(59)77)44-55(45-67(69)78)79-54-26-21-25-53(43-54)75-47-76(65-36-20-19-35-64(65)75)70-56(49-23-11-10-12-24-49)30-22-31-57(70)50-40-51(72(4,5)6)42-52(41-50)73(7,8)9/h10-45H,46H2,1-9H3/i10D,11D,12D,23D,24D,46D2. The fourth-order valence-corrected chi connectivity index (χ4v) is 11.3. The van der Waals surface area contributed by atoms with Crippen LogP contribution >= 0.6 is 0 Å². The number of hydrogen-bond acceptors (Lipinski definition) is 2. The molecule has 0 saturated carbocycles. The minimum absolute atomic E-state index is 0.0922. The summed E-state index contributed by atoms with van der Waals surface area (Å²) in [5.74, 6) is 1.67. The van der Waals surface area contributed by atoms with Crippen LogP contribution in [-0.4, -0.2) is 18.7 Å². The lowest BCUT2D eigenvalue weighted by Gasteiger charge is -2.27. The zero-order valence-corrected chi connectivity index (χ0v) is 46.0. The molecule has 0 aliphatic rings.